The Labute approximate surface area is 110 Å². The molecule has 0 unspecified atom stereocenters. The lowest BCUT2D eigenvalue weighted by atomic mass is 10.2. The Hall–Kier alpha value is -2.34. The Morgan fingerprint density at radius 2 is 2.11 bits per heavy atom. The predicted octanol–water partition coefficient (Wildman–Crippen LogP) is 1.54. The van der Waals surface area contributed by atoms with Crippen molar-refractivity contribution in [1.82, 2.24) is 15.3 Å². The van der Waals surface area contributed by atoms with Crippen LogP contribution < -0.4 is 15.4 Å². The number of hydrogen-bond acceptors (Lipinski definition) is 6. The molecule has 0 amide bonds. The molecule has 3 rings (SSSR count). The maximum absolute atomic E-state index is 9.73. The summed E-state index contributed by atoms with van der Waals surface area (Å²) in [6.45, 7) is 1.42. The molecule has 1 aliphatic heterocycles. The van der Waals surface area contributed by atoms with E-state index in [2.05, 4.69) is 20.6 Å². The molecule has 2 heterocycles. The summed E-state index contributed by atoms with van der Waals surface area (Å²) in [5.74, 6) is 1.14. The highest BCUT2D eigenvalue weighted by Gasteiger charge is 2.19. The van der Waals surface area contributed by atoms with Gasteiger partial charge in [-0.2, -0.15) is 4.98 Å². The fraction of sp³-hybridized carbons (Fsp3) is 0.231. The number of fused-ring (bicyclic) bond motifs is 1. The van der Waals surface area contributed by atoms with Crippen molar-refractivity contribution < 1.29 is 9.84 Å². The molecule has 0 saturated carbocycles. The number of aromatic nitrogens is 2. The number of para-hydroxylation sites is 2. The third-order valence-corrected chi connectivity index (χ3v) is 2.99. The normalized spacial score (nSPS) is 13.1. The molecule has 3 N–H and O–H groups in total. The van der Waals surface area contributed by atoms with Crippen molar-refractivity contribution in [2.75, 3.05) is 12.4 Å². The minimum Gasteiger partial charge on any atom is -0.506 e. The monoisotopic (exact) mass is 258 g/mol. The van der Waals surface area contributed by atoms with E-state index < -0.39 is 0 Å². The van der Waals surface area contributed by atoms with Crippen LogP contribution in [-0.2, 0) is 13.1 Å². The highest BCUT2D eigenvalue weighted by Crippen LogP contribution is 2.28. The lowest BCUT2D eigenvalue weighted by Gasteiger charge is -2.10. The van der Waals surface area contributed by atoms with Gasteiger partial charge in [-0.15, -0.1) is 0 Å². The maximum Gasteiger partial charge on any atom is 0.230 e. The third-order valence-electron chi connectivity index (χ3n) is 2.99. The number of ether oxygens (including phenoxy) is 1. The van der Waals surface area contributed by atoms with Gasteiger partial charge >= 0.3 is 0 Å². The van der Waals surface area contributed by atoms with Gasteiger partial charge in [0.15, 0.2) is 0 Å². The number of phenols is 1. The lowest BCUT2D eigenvalue weighted by molar-refractivity contribution is 0.392. The molecule has 0 radical (unpaired) electrons. The van der Waals surface area contributed by atoms with Gasteiger partial charge in [-0.25, -0.2) is 4.98 Å². The van der Waals surface area contributed by atoms with Gasteiger partial charge in [0.25, 0.3) is 0 Å². The van der Waals surface area contributed by atoms with Crippen molar-refractivity contribution in [1.29, 1.82) is 0 Å². The van der Waals surface area contributed by atoms with Gasteiger partial charge in [-0.3, -0.25) is 0 Å². The van der Waals surface area contributed by atoms with Gasteiger partial charge in [0.2, 0.25) is 11.8 Å². The summed E-state index contributed by atoms with van der Waals surface area (Å²) >= 11 is 0. The third kappa shape index (κ3) is 2.17. The van der Waals surface area contributed by atoms with Crippen molar-refractivity contribution in [3.63, 3.8) is 0 Å². The fourth-order valence-corrected chi connectivity index (χ4v) is 2.06. The highest BCUT2D eigenvalue weighted by molar-refractivity contribution is 5.62. The number of phenolic OH excluding ortho intramolecular Hbond substituents is 1. The molecule has 1 aliphatic rings. The molecule has 6 heteroatoms. The molecule has 1 aromatic heterocycles. The van der Waals surface area contributed by atoms with E-state index in [1.165, 1.54) is 0 Å². The van der Waals surface area contributed by atoms with E-state index in [-0.39, 0.29) is 5.75 Å². The van der Waals surface area contributed by atoms with Gasteiger partial charge in [-0.1, -0.05) is 12.1 Å². The maximum atomic E-state index is 9.73. The van der Waals surface area contributed by atoms with Crippen molar-refractivity contribution in [3.8, 4) is 11.6 Å². The van der Waals surface area contributed by atoms with E-state index in [1.807, 2.05) is 6.07 Å². The molecular formula is C13H14N4O2. The summed E-state index contributed by atoms with van der Waals surface area (Å²) in [5.41, 5.74) is 2.48. The van der Waals surface area contributed by atoms with Gasteiger partial charge in [0.1, 0.15) is 5.75 Å². The summed E-state index contributed by atoms with van der Waals surface area (Å²) in [6, 6.07) is 6.95. The van der Waals surface area contributed by atoms with Crippen LogP contribution in [0, 0.1) is 0 Å². The zero-order valence-corrected chi connectivity index (χ0v) is 10.5. The number of hydrogen-bond donors (Lipinski definition) is 3. The minimum atomic E-state index is 0.156. The SMILES string of the molecule is COc1nc(Nc2ccccc2O)nc2c1CNC2. The largest absolute Gasteiger partial charge is 0.506 e. The fourth-order valence-electron chi connectivity index (χ4n) is 2.06. The summed E-state index contributed by atoms with van der Waals surface area (Å²) < 4.78 is 5.27. The quantitative estimate of drug-likeness (QED) is 0.725. The molecular weight excluding hydrogens is 244 g/mol. The molecule has 2 aromatic rings. The van der Waals surface area contributed by atoms with Crippen LogP contribution in [-0.4, -0.2) is 22.2 Å². The van der Waals surface area contributed by atoms with E-state index in [0.29, 0.717) is 24.1 Å². The Morgan fingerprint density at radius 1 is 1.26 bits per heavy atom. The Balaban J connectivity index is 1.96. The summed E-state index contributed by atoms with van der Waals surface area (Å²) in [7, 11) is 1.59. The summed E-state index contributed by atoms with van der Waals surface area (Å²) in [6.07, 6.45) is 0. The second-order valence-electron chi connectivity index (χ2n) is 4.23. The van der Waals surface area contributed by atoms with Crippen molar-refractivity contribution in [3.05, 3.63) is 35.5 Å². The summed E-state index contributed by atoms with van der Waals surface area (Å²) in [4.78, 5) is 8.73. The molecule has 0 saturated heterocycles. The summed E-state index contributed by atoms with van der Waals surface area (Å²) in [5, 5.41) is 15.9. The van der Waals surface area contributed by atoms with E-state index in [0.717, 1.165) is 17.8 Å². The first-order valence-electron chi connectivity index (χ1n) is 5.97. The van der Waals surface area contributed by atoms with Crippen LogP contribution >= 0.6 is 0 Å². The first-order chi connectivity index (χ1) is 9.28. The number of benzene rings is 1. The second-order valence-corrected chi connectivity index (χ2v) is 4.23. The number of nitrogens with one attached hydrogen (secondary N) is 2. The van der Waals surface area contributed by atoms with Crippen LogP contribution in [0.15, 0.2) is 24.3 Å². The number of methoxy groups -OCH3 is 1. The average Bonchev–Trinajstić information content (AvgIpc) is 2.89. The standard InChI is InChI=1S/C13H14N4O2/c1-19-12-8-6-14-7-10(8)16-13(17-12)15-9-4-2-3-5-11(9)18/h2-5,14,18H,6-7H2,1H3,(H,15,16,17). The molecule has 0 fully saturated rings. The van der Waals surface area contributed by atoms with Crippen LogP contribution in [0.5, 0.6) is 11.6 Å². The van der Waals surface area contributed by atoms with Crippen molar-refractivity contribution in [2.24, 2.45) is 0 Å². The van der Waals surface area contributed by atoms with Crippen LogP contribution in [0.1, 0.15) is 11.3 Å². The Kier molecular flexibility index (Phi) is 2.92. The molecule has 19 heavy (non-hydrogen) atoms. The number of rotatable bonds is 3. The first kappa shape index (κ1) is 11.7. The zero-order chi connectivity index (χ0) is 13.2. The topological polar surface area (TPSA) is 79.3 Å². The zero-order valence-electron chi connectivity index (χ0n) is 10.5. The molecule has 0 atom stereocenters. The molecule has 0 spiro atoms. The Bertz CT molecular complexity index is 616. The predicted molar refractivity (Wildman–Crippen MR) is 70.5 cm³/mol. The smallest absolute Gasteiger partial charge is 0.230 e. The second kappa shape index (κ2) is 4.74. The lowest BCUT2D eigenvalue weighted by Crippen LogP contribution is -2.04. The van der Waals surface area contributed by atoms with Gasteiger partial charge in [0.05, 0.1) is 24.1 Å². The molecule has 0 aliphatic carbocycles. The Morgan fingerprint density at radius 3 is 2.89 bits per heavy atom. The van der Waals surface area contributed by atoms with Crippen molar-refractivity contribution >= 4 is 11.6 Å². The molecule has 0 bridgehead atoms. The van der Waals surface area contributed by atoms with Gasteiger partial charge in [0, 0.05) is 13.1 Å². The van der Waals surface area contributed by atoms with E-state index in [4.69, 9.17) is 4.74 Å². The number of anilines is 2. The van der Waals surface area contributed by atoms with Crippen LogP contribution in [0.2, 0.25) is 0 Å². The van der Waals surface area contributed by atoms with E-state index in [1.54, 1.807) is 25.3 Å². The van der Waals surface area contributed by atoms with Crippen LogP contribution in [0.3, 0.4) is 0 Å². The minimum absolute atomic E-state index is 0.156. The van der Waals surface area contributed by atoms with E-state index >= 15 is 0 Å². The molecule has 6 nitrogen and oxygen atoms in total. The molecule has 1 aromatic carbocycles. The van der Waals surface area contributed by atoms with Gasteiger partial charge < -0.3 is 20.5 Å². The molecule has 98 valence electrons. The van der Waals surface area contributed by atoms with Crippen molar-refractivity contribution in [2.45, 2.75) is 13.1 Å². The van der Waals surface area contributed by atoms with E-state index in [9.17, 15) is 5.11 Å². The van der Waals surface area contributed by atoms with Gasteiger partial charge in [-0.05, 0) is 12.1 Å². The first-order valence-corrected chi connectivity index (χ1v) is 5.97. The number of aromatic hydroxyl groups is 1. The average molecular weight is 258 g/mol. The highest BCUT2D eigenvalue weighted by atomic mass is 16.5. The van der Waals surface area contributed by atoms with Crippen LogP contribution in [0.25, 0.3) is 0 Å². The number of nitrogens with zero attached hydrogens (tertiary/aromatic N) is 2. The van der Waals surface area contributed by atoms with Crippen LogP contribution in [0.4, 0.5) is 11.6 Å².